The number of aryl methyl sites for hydroxylation is 2. The molecule has 1 heterocycles. The Kier molecular flexibility index (Phi) is 4.84. The molecule has 1 aromatic heterocycles. The molecule has 0 spiro atoms. The van der Waals surface area contributed by atoms with Crippen LogP contribution >= 0.6 is 0 Å². The van der Waals surface area contributed by atoms with Crippen molar-refractivity contribution in [2.75, 3.05) is 7.11 Å². The van der Waals surface area contributed by atoms with E-state index < -0.39 is 0 Å². The van der Waals surface area contributed by atoms with E-state index in [0.29, 0.717) is 28.3 Å². The van der Waals surface area contributed by atoms with Gasteiger partial charge in [0.05, 0.1) is 18.4 Å². The molecule has 136 valence electrons. The first-order valence-corrected chi connectivity index (χ1v) is 8.20. The molecule has 0 aliphatic carbocycles. The van der Waals surface area contributed by atoms with Crippen molar-refractivity contribution in [1.29, 1.82) is 0 Å². The number of benzene rings is 2. The summed E-state index contributed by atoms with van der Waals surface area (Å²) >= 11 is 0. The Hall–Kier alpha value is -3.02. The molecule has 0 aliphatic rings. The van der Waals surface area contributed by atoms with Gasteiger partial charge in [0.25, 0.3) is 0 Å². The van der Waals surface area contributed by atoms with E-state index >= 15 is 0 Å². The summed E-state index contributed by atoms with van der Waals surface area (Å²) in [6.45, 7) is 3.80. The van der Waals surface area contributed by atoms with Gasteiger partial charge in [-0.1, -0.05) is 6.07 Å². The van der Waals surface area contributed by atoms with Crippen LogP contribution in [0.4, 0.5) is 4.39 Å². The first-order chi connectivity index (χ1) is 12.4. The summed E-state index contributed by atoms with van der Waals surface area (Å²) in [5.41, 5.74) is 3.43. The van der Waals surface area contributed by atoms with Gasteiger partial charge in [-0.05, 0) is 49.7 Å². The zero-order valence-electron chi connectivity index (χ0n) is 15.2. The van der Waals surface area contributed by atoms with Gasteiger partial charge in [-0.2, -0.15) is 9.49 Å². The number of aromatic nitrogens is 2. The Morgan fingerprint density at radius 2 is 1.92 bits per heavy atom. The summed E-state index contributed by atoms with van der Waals surface area (Å²) in [6, 6.07) is 10.7. The highest BCUT2D eigenvalue weighted by molar-refractivity contribution is 5.65. The molecule has 0 amide bonds. The molecule has 0 atom stereocenters. The Bertz CT molecular complexity index is 950. The van der Waals surface area contributed by atoms with E-state index in [1.54, 1.807) is 39.3 Å². The number of hydrogen-bond donors (Lipinski definition) is 1. The molecule has 3 rings (SSSR count). The monoisotopic (exact) mass is 356 g/mol. The molecule has 26 heavy (non-hydrogen) atoms. The molecule has 0 saturated heterocycles. The molecule has 0 fully saturated rings. The average molecular weight is 356 g/mol. The van der Waals surface area contributed by atoms with Crippen LogP contribution in [0.1, 0.15) is 16.7 Å². The van der Waals surface area contributed by atoms with E-state index in [2.05, 4.69) is 5.10 Å². The number of rotatable bonds is 5. The van der Waals surface area contributed by atoms with Crippen molar-refractivity contribution in [3.8, 4) is 28.5 Å². The summed E-state index contributed by atoms with van der Waals surface area (Å²) in [6.07, 6.45) is 0. The Balaban J connectivity index is 1.84. The Morgan fingerprint density at radius 3 is 2.54 bits per heavy atom. The average Bonchev–Trinajstić information content (AvgIpc) is 2.88. The van der Waals surface area contributed by atoms with Crippen LogP contribution < -0.4 is 9.47 Å². The lowest BCUT2D eigenvalue weighted by atomic mass is 10.1. The number of ether oxygens (including phenoxy) is 2. The van der Waals surface area contributed by atoms with Crippen LogP contribution in [0.15, 0.2) is 36.4 Å². The molecule has 0 aliphatic heterocycles. The van der Waals surface area contributed by atoms with Crippen LogP contribution in [0.3, 0.4) is 0 Å². The number of hydrogen-bond acceptors (Lipinski definition) is 4. The van der Waals surface area contributed by atoms with E-state index in [4.69, 9.17) is 9.47 Å². The second kappa shape index (κ2) is 7.07. The highest BCUT2D eigenvalue weighted by Crippen LogP contribution is 2.31. The van der Waals surface area contributed by atoms with Crippen molar-refractivity contribution in [2.24, 2.45) is 7.05 Å². The van der Waals surface area contributed by atoms with Gasteiger partial charge in [-0.15, -0.1) is 0 Å². The lowest BCUT2D eigenvalue weighted by Crippen LogP contribution is -2.00. The zero-order chi connectivity index (χ0) is 18.8. The predicted molar refractivity (Wildman–Crippen MR) is 97.1 cm³/mol. The van der Waals surface area contributed by atoms with Crippen molar-refractivity contribution in [3.05, 3.63) is 59.0 Å². The van der Waals surface area contributed by atoms with Gasteiger partial charge < -0.3 is 14.6 Å². The Labute approximate surface area is 151 Å². The van der Waals surface area contributed by atoms with Crippen LogP contribution in [0.25, 0.3) is 11.3 Å². The normalized spacial score (nSPS) is 10.8. The largest absolute Gasteiger partial charge is 0.507 e. The van der Waals surface area contributed by atoms with E-state index in [1.807, 2.05) is 25.1 Å². The smallest absolute Gasteiger partial charge is 0.214 e. The number of phenolic OH excluding ortho intramolecular Hbond substituents is 1. The Morgan fingerprint density at radius 1 is 1.15 bits per heavy atom. The summed E-state index contributed by atoms with van der Waals surface area (Å²) in [7, 11) is 3.13. The van der Waals surface area contributed by atoms with Crippen LogP contribution in [-0.4, -0.2) is 22.0 Å². The maximum Gasteiger partial charge on any atom is 0.214 e. The first kappa shape index (κ1) is 17.8. The van der Waals surface area contributed by atoms with Crippen molar-refractivity contribution in [3.63, 3.8) is 0 Å². The second-order valence-electron chi connectivity index (χ2n) is 6.11. The minimum Gasteiger partial charge on any atom is -0.507 e. The first-order valence-electron chi connectivity index (χ1n) is 8.20. The molecule has 2 aromatic carbocycles. The van der Waals surface area contributed by atoms with E-state index in [0.717, 1.165) is 11.1 Å². The van der Waals surface area contributed by atoms with Crippen LogP contribution in [-0.2, 0) is 13.7 Å². The molecule has 0 saturated carbocycles. The highest BCUT2D eigenvalue weighted by atomic mass is 19.1. The third kappa shape index (κ3) is 3.22. The zero-order valence-corrected chi connectivity index (χ0v) is 15.2. The molecule has 0 unspecified atom stereocenters. The van der Waals surface area contributed by atoms with Crippen molar-refractivity contribution < 1.29 is 19.0 Å². The van der Waals surface area contributed by atoms with E-state index in [-0.39, 0.29) is 18.3 Å². The SMILES string of the molecule is COc1cccc(O)c1COc1ccc(-c2nn(C)c(F)c2C)cc1C. The van der Waals surface area contributed by atoms with Gasteiger partial charge in [-0.3, -0.25) is 0 Å². The number of methoxy groups -OCH3 is 1. The number of aromatic hydroxyl groups is 1. The maximum absolute atomic E-state index is 13.9. The molecule has 0 bridgehead atoms. The maximum atomic E-state index is 13.9. The van der Waals surface area contributed by atoms with Gasteiger partial charge in [-0.25, -0.2) is 4.68 Å². The molecule has 3 aromatic rings. The summed E-state index contributed by atoms with van der Waals surface area (Å²) in [5.74, 6) is 1.02. The molecule has 6 heteroatoms. The van der Waals surface area contributed by atoms with Crippen LogP contribution in [0.5, 0.6) is 17.2 Å². The van der Waals surface area contributed by atoms with Crippen LogP contribution in [0.2, 0.25) is 0 Å². The summed E-state index contributed by atoms with van der Waals surface area (Å²) in [4.78, 5) is 0. The van der Waals surface area contributed by atoms with Crippen molar-refractivity contribution in [2.45, 2.75) is 20.5 Å². The van der Waals surface area contributed by atoms with Gasteiger partial charge >= 0.3 is 0 Å². The minimum atomic E-state index is -0.343. The molecule has 0 radical (unpaired) electrons. The molecular weight excluding hydrogens is 335 g/mol. The third-order valence-electron chi connectivity index (χ3n) is 4.35. The van der Waals surface area contributed by atoms with E-state index in [1.165, 1.54) is 4.68 Å². The van der Waals surface area contributed by atoms with E-state index in [9.17, 15) is 9.50 Å². The number of phenols is 1. The second-order valence-corrected chi connectivity index (χ2v) is 6.11. The fourth-order valence-electron chi connectivity index (χ4n) is 2.88. The third-order valence-corrected chi connectivity index (χ3v) is 4.35. The fraction of sp³-hybridized carbons (Fsp3) is 0.250. The lowest BCUT2D eigenvalue weighted by molar-refractivity contribution is 0.287. The van der Waals surface area contributed by atoms with Crippen molar-refractivity contribution in [1.82, 2.24) is 9.78 Å². The topological polar surface area (TPSA) is 56.5 Å². The number of nitrogens with zero attached hydrogens (tertiary/aromatic N) is 2. The highest BCUT2D eigenvalue weighted by Gasteiger charge is 2.15. The summed E-state index contributed by atoms with van der Waals surface area (Å²) < 4.78 is 26.2. The van der Waals surface area contributed by atoms with Gasteiger partial charge in [0, 0.05) is 18.2 Å². The molecular formula is C20H21FN2O3. The minimum absolute atomic E-state index is 0.123. The molecule has 1 N–H and O–H groups in total. The standard InChI is InChI=1S/C20H21FN2O3/c1-12-10-14(19-13(2)20(21)23(3)22-19)8-9-17(12)26-11-15-16(24)6-5-7-18(15)25-4/h5-10,24H,11H2,1-4H3. The van der Waals surface area contributed by atoms with Gasteiger partial charge in [0.2, 0.25) is 5.95 Å². The van der Waals surface area contributed by atoms with Gasteiger partial charge in [0.1, 0.15) is 23.9 Å². The predicted octanol–water partition coefficient (Wildman–Crippen LogP) is 4.14. The molecule has 5 nitrogen and oxygen atoms in total. The van der Waals surface area contributed by atoms with Crippen LogP contribution in [0, 0.1) is 19.8 Å². The summed E-state index contributed by atoms with van der Waals surface area (Å²) in [5, 5.41) is 14.2. The quantitative estimate of drug-likeness (QED) is 0.747. The van der Waals surface area contributed by atoms with Gasteiger partial charge in [0.15, 0.2) is 0 Å². The lowest BCUT2D eigenvalue weighted by Gasteiger charge is -2.13. The fourth-order valence-corrected chi connectivity index (χ4v) is 2.88. The van der Waals surface area contributed by atoms with Crippen molar-refractivity contribution >= 4 is 0 Å². The number of halogens is 1.